The number of hydrogen-bond donors (Lipinski definition) is 0. The molecule has 1 unspecified atom stereocenters. The number of esters is 1. The van der Waals surface area contributed by atoms with Crippen LogP contribution >= 0.6 is 0 Å². The van der Waals surface area contributed by atoms with E-state index < -0.39 is 0 Å². The third-order valence-electron chi connectivity index (χ3n) is 3.13. The van der Waals surface area contributed by atoms with Crippen molar-refractivity contribution in [2.75, 3.05) is 0 Å². The molecule has 0 amide bonds. The van der Waals surface area contributed by atoms with Crippen molar-refractivity contribution in [1.82, 2.24) is 0 Å². The van der Waals surface area contributed by atoms with Crippen LogP contribution < -0.4 is 0 Å². The van der Waals surface area contributed by atoms with Crippen LogP contribution in [0.25, 0.3) is 0 Å². The Morgan fingerprint density at radius 1 is 1.05 bits per heavy atom. The van der Waals surface area contributed by atoms with E-state index in [0.29, 0.717) is 0 Å². The average Bonchev–Trinajstić information content (AvgIpc) is 2.53. The van der Waals surface area contributed by atoms with E-state index in [2.05, 4.69) is 18.7 Å². The fraction of sp³-hybridized carbons (Fsp3) is 0.167. The molecule has 0 aromatic heterocycles. The molecule has 2 aromatic rings. The lowest BCUT2D eigenvalue weighted by molar-refractivity contribution is -0.143. The summed E-state index contributed by atoms with van der Waals surface area (Å²) in [7, 11) is 0. The van der Waals surface area contributed by atoms with Crippen molar-refractivity contribution in [2.24, 2.45) is 0 Å². The molecule has 0 aliphatic heterocycles. The Morgan fingerprint density at radius 3 is 2.25 bits per heavy atom. The Morgan fingerprint density at radius 2 is 1.65 bits per heavy atom. The zero-order valence-corrected chi connectivity index (χ0v) is 11.4. The predicted octanol–water partition coefficient (Wildman–Crippen LogP) is 4.09. The van der Waals surface area contributed by atoms with Gasteiger partial charge in [-0.3, -0.25) is 0 Å². The lowest BCUT2D eigenvalue weighted by Crippen LogP contribution is -2.10. The quantitative estimate of drug-likeness (QED) is 0.581. The Labute approximate surface area is 119 Å². The lowest BCUT2D eigenvalue weighted by atomic mass is 10.0. The van der Waals surface area contributed by atoms with E-state index in [1.807, 2.05) is 48.5 Å². The van der Waals surface area contributed by atoms with E-state index in [0.717, 1.165) is 18.4 Å². The maximum Gasteiger partial charge on any atom is 0.330 e. The molecule has 20 heavy (non-hydrogen) atoms. The van der Waals surface area contributed by atoms with E-state index in [-0.39, 0.29) is 12.1 Å². The van der Waals surface area contributed by atoms with Gasteiger partial charge in [0.1, 0.15) is 6.10 Å². The van der Waals surface area contributed by atoms with Gasteiger partial charge in [0.25, 0.3) is 0 Å². The fourth-order valence-corrected chi connectivity index (χ4v) is 2.09. The first-order valence-corrected chi connectivity index (χ1v) is 6.71. The minimum Gasteiger partial charge on any atom is -0.454 e. The lowest BCUT2D eigenvalue weighted by Gasteiger charge is -2.17. The van der Waals surface area contributed by atoms with Crippen LogP contribution in [0.2, 0.25) is 0 Å². The van der Waals surface area contributed by atoms with E-state index in [1.54, 1.807) is 0 Å². The molecule has 2 heteroatoms. The van der Waals surface area contributed by atoms with E-state index in [9.17, 15) is 4.79 Å². The van der Waals surface area contributed by atoms with Gasteiger partial charge in [0, 0.05) is 6.08 Å². The molecule has 1 atom stereocenters. The first-order chi connectivity index (χ1) is 9.79. The fourth-order valence-electron chi connectivity index (χ4n) is 2.09. The number of benzene rings is 2. The van der Waals surface area contributed by atoms with Crippen molar-refractivity contribution in [1.29, 1.82) is 0 Å². The summed E-state index contributed by atoms with van der Waals surface area (Å²) in [4.78, 5) is 11.5. The molecular formula is C18H18O2. The van der Waals surface area contributed by atoms with Crippen LogP contribution in [0.1, 0.15) is 23.7 Å². The summed E-state index contributed by atoms with van der Waals surface area (Å²) >= 11 is 0. The number of hydrogen-bond acceptors (Lipinski definition) is 2. The number of carbonyl (C=O) groups is 1. The Balaban J connectivity index is 2.07. The molecule has 0 spiro atoms. The highest BCUT2D eigenvalue weighted by molar-refractivity contribution is 5.81. The van der Waals surface area contributed by atoms with Crippen LogP contribution in [0.4, 0.5) is 0 Å². The van der Waals surface area contributed by atoms with E-state index in [1.165, 1.54) is 11.6 Å². The highest BCUT2D eigenvalue weighted by Gasteiger charge is 2.15. The van der Waals surface area contributed by atoms with Gasteiger partial charge in [-0.15, -0.1) is 0 Å². The van der Waals surface area contributed by atoms with Crippen LogP contribution in [-0.4, -0.2) is 5.97 Å². The zero-order chi connectivity index (χ0) is 14.2. The molecule has 2 nitrogen and oxygen atoms in total. The second kappa shape index (κ2) is 7.29. The highest BCUT2D eigenvalue weighted by Crippen LogP contribution is 2.23. The summed E-state index contributed by atoms with van der Waals surface area (Å²) in [6, 6.07) is 20.0. The van der Waals surface area contributed by atoms with Gasteiger partial charge in [0.15, 0.2) is 0 Å². The molecule has 0 N–H and O–H groups in total. The molecule has 0 saturated carbocycles. The van der Waals surface area contributed by atoms with Gasteiger partial charge in [0.2, 0.25) is 0 Å². The first kappa shape index (κ1) is 14.1. The van der Waals surface area contributed by atoms with Crippen molar-refractivity contribution in [2.45, 2.75) is 18.9 Å². The molecule has 2 rings (SSSR count). The number of ether oxygens (including phenoxy) is 1. The molecule has 0 radical (unpaired) electrons. The maximum atomic E-state index is 11.5. The summed E-state index contributed by atoms with van der Waals surface area (Å²) in [5.41, 5.74) is 2.25. The normalized spacial score (nSPS) is 11.6. The molecule has 0 aliphatic rings. The van der Waals surface area contributed by atoms with E-state index >= 15 is 0 Å². The standard InChI is InChI=1S/C18H18O2/c1-2-18(19)20-17(16-11-7-4-8-12-16)14-13-15-9-5-3-6-10-15/h2-12,17H,1,13-14H2. The topological polar surface area (TPSA) is 26.3 Å². The van der Waals surface area contributed by atoms with Gasteiger partial charge in [-0.1, -0.05) is 67.2 Å². The van der Waals surface area contributed by atoms with E-state index in [4.69, 9.17) is 4.74 Å². The first-order valence-electron chi connectivity index (χ1n) is 6.71. The minimum absolute atomic E-state index is 0.234. The third kappa shape index (κ3) is 4.09. The molecule has 0 fully saturated rings. The van der Waals surface area contributed by atoms with Crippen LogP contribution in [-0.2, 0) is 16.0 Å². The summed E-state index contributed by atoms with van der Waals surface area (Å²) < 4.78 is 5.45. The van der Waals surface area contributed by atoms with Crippen molar-refractivity contribution in [3.05, 3.63) is 84.4 Å². The summed E-state index contributed by atoms with van der Waals surface area (Å²) in [6.07, 6.45) is 2.60. The Bertz CT molecular complexity index is 546. The predicted molar refractivity (Wildman–Crippen MR) is 80.2 cm³/mol. The van der Waals surface area contributed by atoms with Crippen LogP contribution in [0.15, 0.2) is 73.3 Å². The Kier molecular flexibility index (Phi) is 5.13. The van der Waals surface area contributed by atoms with Crippen LogP contribution in [0.3, 0.4) is 0 Å². The largest absolute Gasteiger partial charge is 0.454 e. The van der Waals surface area contributed by atoms with Crippen molar-refractivity contribution >= 4 is 5.97 Å². The van der Waals surface area contributed by atoms with Gasteiger partial charge in [-0.2, -0.15) is 0 Å². The number of aryl methyl sites for hydroxylation is 1. The molecule has 102 valence electrons. The number of rotatable bonds is 6. The van der Waals surface area contributed by atoms with Crippen LogP contribution in [0, 0.1) is 0 Å². The Hall–Kier alpha value is -2.35. The molecule has 2 aromatic carbocycles. The third-order valence-corrected chi connectivity index (χ3v) is 3.13. The average molecular weight is 266 g/mol. The zero-order valence-electron chi connectivity index (χ0n) is 11.4. The summed E-state index contributed by atoms with van der Waals surface area (Å²) in [5.74, 6) is -0.382. The van der Waals surface area contributed by atoms with Crippen molar-refractivity contribution in [3.8, 4) is 0 Å². The van der Waals surface area contributed by atoms with Gasteiger partial charge < -0.3 is 4.74 Å². The van der Waals surface area contributed by atoms with Gasteiger partial charge in [0.05, 0.1) is 0 Å². The summed E-state index contributed by atoms with van der Waals surface area (Å²) in [5, 5.41) is 0. The van der Waals surface area contributed by atoms with Gasteiger partial charge in [-0.25, -0.2) is 4.79 Å². The molecular weight excluding hydrogens is 248 g/mol. The molecule has 0 heterocycles. The van der Waals surface area contributed by atoms with Gasteiger partial charge >= 0.3 is 5.97 Å². The SMILES string of the molecule is C=CC(=O)OC(CCc1ccccc1)c1ccccc1. The smallest absolute Gasteiger partial charge is 0.330 e. The second-order valence-electron chi connectivity index (χ2n) is 4.56. The second-order valence-corrected chi connectivity index (χ2v) is 4.56. The minimum atomic E-state index is -0.382. The van der Waals surface area contributed by atoms with Gasteiger partial charge in [-0.05, 0) is 24.0 Å². The summed E-state index contributed by atoms with van der Waals surface area (Å²) in [6.45, 7) is 3.45. The van der Waals surface area contributed by atoms with Crippen molar-refractivity contribution < 1.29 is 9.53 Å². The molecule has 0 aliphatic carbocycles. The molecule has 0 bridgehead atoms. The molecule has 0 saturated heterocycles. The monoisotopic (exact) mass is 266 g/mol. The maximum absolute atomic E-state index is 11.5. The van der Waals surface area contributed by atoms with Crippen molar-refractivity contribution in [3.63, 3.8) is 0 Å². The number of carbonyl (C=O) groups excluding carboxylic acids is 1. The highest BCUT2D eigenvalue weighted by atomic mass is 16.5. The van der Waals surface area contributed by atoms with Crippen LogP contribution in [0.5, 0.6) is 0 Å².